The van der Waals surface area contributed by atoms with E-state index >= 15 is 0 Å². The van der Waals surface area contributed by atoms with Crippen LogP contribution in [-0.2, 0) is 4.74 Å². The van der Waals surface area contributed by atoms with Crippen molar-refractivity contribution in [2.24, 2.45) is 10.8 Å². The normalized spacial score (nSPS) is 13.9. The summed E-state index contributed by atoms with van der Waals surface area (Å²) in [6, 6.07) is 0. The molecule has 0 aliphatic heterocycles. The molecule has 0 amide bonds. The van der Waals surface area contributed by atoms with Crippen LogP contribution in [0.25, 0.3) is 0 Å². The minimum Gasteiger partial charge on any atom is -0.377 e. The van der Waals surface area contributed by atoms with Gasteiger partial charge < -0.3 is 4.74 Å². The Kier molecular flexibility index (Phi) is 5.43. The molecule has 84 valence electrons. The molecule has 0 aliphatic rings. The van der Waals surface area contributed by atoms with E-state index in [9.17, 15) is 0 Å². The van der Waals surface area contributed by atoms with Crippen LogP contribution in [-0.4, -0.2) is 13.2 Å². The van der Waals surface area contributed by atoms with Crippen molar-refractivity contribution < 1.29 is 4.74 Å². The molecule has 0 bridgehead atoms. The number of ether oxygens (including phenoxy) is 1. The van der Waals surface area contributed by atoms with Gasteiger partial charge in [-0.15, -0.1) is 0 Å². The Balaban J connectivity index is 3.44. The van der Waals surface area contributed by atoms with Gasteiger partial charge in [0.1, 0.15) is 0 Å². The minimum atomic E-state index is 0.271. The van der Waals surface area contributed by atoms with E-state index in [0.29, 0.717) is 5.41 Å². The third kappa shape index (κ3) is 11.7. The number of allylic oxidation sites excluding steroid dienone is 1. The monoisotopic (exact) mass is 198 g/mol. The van der Waals surface area contributed by atoms with Crippen LogP contribution in [0.1, 0.15) is 48.0 Å². The van der Waals surface area contributed by atoms with Crippen molar-refractivity contribution in [2.75, 3.05) is 13.2 Å². The van der Waals surface area contributed by atoms with Crippen LogP contribution in [0.5, 0.6) is 0 Å². The Morgan fingerprint density at radius 2 is 1.57 bits per heavy atom. The zero-order chi connectivity index (χ0) is 11.2. The standard InChI is InChI=1S/C13H26O/c1-12(2,3)8-7-10-14-11-9-13(4,5)6/h7-8H,9-11H2,1-6H3/b8-7-. The van der Waals surface area contributed by atoms with E-state index in [1.54, 1.807) is 0 Å². The molecule has 0 aromatic rings. The maximum absolute atomic E-state index is 5.52. The van der Waals surface area contributed by atoms with Gasteiger partial charge in [-0.05, 0) is 17.3 Å². The van der Waals surface area contributed by atoms with Crippen LogP contribution in [0, 0.1) is 10.8 Å². The quantitative estimate of drug-likeness (QED) is 0.489. The maximum Gasteiger partial charge on any atom is 0.0647 e. The molecule has 0 saturated carbocycles. The zero-order valence-electron chi connectivity index (χ0n) is 10.7. The van der Waals surface area contributed by atoms with Gasteiger partial charge in [-0.1, -0.05) is 53.7 Å². The summed E-state index contributed by atoms with van der Waals surface area (Å²) in [6.45, 7) is 14.9. The van der Waals surface area contributed by atoms with E-state index in [2.05, 4.69) is 53.7 Å². The van der Waals surface area contributed by atoms with Crippen LogP contribution in [0.2, 0.25) is 0 Å². The van der Waals surface area contributed by atoms with Crippen LogP contribution < -0.4 is 0 Å². The topological polar surface area (TPSA) is 9.23 Å². The summed E-state index contributed by atoms with van der Waals surface area (Å²) in [5.74, 6) is 0. The lowest BCUT2D eigenvalue weighted by molar-refractivity contribution is 0.130. The van der Waals surface area contributed by atoms with Crippen LogP contribution in [0.15, 0.2) is 12.2 Å². The second-order valence-electron chi connectivity index (χ2n) is 6.15. The molecule has 1 nitrogen and oxygen atoms in total. The fourth-order valence-corrected chi connectivity index (χ4v) is 0.931. The van der Waals surface area contributed by atoms with Gasteiger partial charge in [-0.2, -0.15) is 0 Å². The van der Waals surface area contributed by atoms with Crippen molar-refractivity contribution in [1.29, 1.82) is 0 Å². The van der Waals surface area contributed by atoms with Crippen molar-refractivity contribution >= 4 is 0 Å². The maximum atomic E-state index is 5.52. The third-order valence-electron chi connectivity index (χ3n) is 1.83. The molecule has 0 aromatic heterocycles. The second-order valence-corrected chi connectivity index (χ2v) is 6.15. The first-order chi connectivity index (χ1) is 6.21. The molecule has 1 heteroatoms. The summed E-state index contributed by atoms with van der Waals surface area (Å²) in [7, 11) is 0. The summed E-state index contributed by atoms with van der Waals surface area (Å²) in [6.07, 6.45) is 5.43. The molecule has 14 heavy (non-hydrogen) atoms. The van der Waals surface area contributed by atoms with Crippen molar-refractivity contribution in [3.63, 3.8) is 0 Å². The number of hydrogen-bond donors (Lipinski definition) is 0. The zero-order valence-corrected chi connectivity index (χ0v) is 10.7. The van der Waals surface area contributed by atoms with E-state index in [-0.39, 0.29) is 5.41 Å². The Bertz CT molecular complexity index is 167. The Morgan fingerprint density at radius 1 is 1.00 bits per heavy atom. The molecule has 0 aromatic carbocycles. The van der Waals surface area contributed by atoms with Gasteiger partial charge in [0.25, 0.3) is 0 Å². The smallest absolute Gasteiger partial charge is 0.0647 e. The van der Waals surface area contributed by atoms with Crippen LogP contribution in [0.3, 0.4) is 0 Å². The molecular formula is C13H26O. The molecular weight excluding hydrogens is 172 g/mol. The predicted octanol–water partition coefficient (Wildman–Crippen LogP) is 4.04. The first-order valence-electron chi connectivity index (χ1n) is 5.46. The van der Waals surface area contributed by atoms with Gasteiger partial charge in [0.05, 0.1) is 6.61 Å². The highest BCUT2D eigenvalue weighted by atomic mass is 16.5. The van der Waals surface area contributed by atoms with Crippen molar-refractivity contribution in [2.45, 2.75) is 48.0 Å². The molecule has 0 radical (unpaired) electrons. The van der Waals surface area contributed by atoms with Gasteiger partial charge in [0.15, 0.2) is 0 Å². The molecule has 0 fully saturated rings. The van der Waals surface area contributed by atoms with E-state index in [1.807, 2.05) is 0 Å². The minimum absolute atomic E-state index is 0.271. The van der Waals surface area contributed by atoms with Crippen molar-refractivity contribution in [3.05, 3.63) is 12.2 Å². The fraction of sp³-hybridized carbons (Fsp3) is 0.846. The predicted molar refractivity (Wildman–Crippen MR) is 63.5 cm³/mol. The summed E-state index contributed by atoms with van der Waals surface area (Å²) < 4.78 is 5.52. The highest BCUT2D eigenvalue weighted by Gasteiger charge is 2.08. The highest BCUT2D eigenvalue weighted by molar-refractivity contribution is 4.91. The number of rotatable bonds is 4. The average Bonchev–Trinajstić information content (AvgIpc) is 1.92. The molecule has 0 spiro atoms. The first kappa shape index (κ1) is 13.7. The van der Waals surface area contributed by atoms with E-state index in [1.165, 1.54) is 0 Å². The summed E-state index contributed by atoms with van der Waals surface area (Å²) in [4.78, 5) is 0. The lowest BCUT2D eigenvalue weighted by Crippen LogP contribution is -2.09. The molecule has 0 saturated heterocycles. The lowest BCUT2D eigenvalue weighted by Gasteiger charge is -2.17. The molecule has 0 rings (SSSR count). The highest BCUT2D eigenvalue weighted by Crippen LogP contribution is 2.18. The Labute approximate surface area is 89.5 Å². The number of hydrogen-bond acceptors (Lipinski definition) is 1. The first-order valence-corrected chi connectivity index (χ1v) is 5.46. The van der Waals surface area contributed by atoms with Crippen LogP contribution >= 0.6 is 0 Å². The van der Waals surface area contributed by atoms with Gasteiger partial charge >= 0.3 is 0 Å². The lowest BCUT2D eigenvalue weighted by atomic mass is 9.93. The summed E-state index contributed by atoms with van der Waals surface area (Å²) in [5.41, 5.74) is 0.654. The Hall–Kier alpha value is -0.300. The van der Waals surface area contributed by atoms with E-state index in [4.69, 9.17) is 4.74 Å². The third-order valence-corrected chi connectivity index (χ3v) is 1.83. The summed E-state index contributed by atoms with van der Waals surface area (Å²) in [5, 5.41) is 0. The van der Waals surface area contributed by atoms with Gasteiger partial charge in [0.2, 0.25) is 0 Å². The van der Waals surface area contributed by atoms with Crippen molar-refractivity contribution in [3.8, 4) is 0 Å². The Morgan fingerprint density at radius 3 is 2.00 bits per heavy atom. The van der Waals surface area contributed by atoms with E-state index < -0.39 is 0 Å². The second kappa shape index (κ2) is 5.55. The van der Waals surface area contributed by atoms with E-state index in [0.717, 1.165) is 19.6 Å². The fourth-order valence-electron chi connectivity index (χ4n) is 0.931. The molecule has 0 aliphatic carbocycles. The van der Waals surface area contributed by atoms with Gasteiger partial charge in [-0.3, -0.25) is 0 Å². The van der Waals surface area contributed by atoms with Gasteiger partial charge in [0, 0.05) is 6.61 Å². The van der Waals surface area contributed by atoms with Crippen LogP contribution in [0.4, 0.5) is 0 Å². The SMILES string of the molecule is CC(C)(C)/C=C\COCCC(C)(C)C. The summed E-state index contributed by atoms with van der Waals surface area (Å²) >= 11 is 0. The molecule has 0 unspecified atom stereocenters. The average molecular weight is 198 g/mol. The molecule has 0 N–H and O–H groups in total. The molecule has 0 heterocycles. The van der Waals surface area contributed by atoms with Gasteiger partial charge in [-0.25, -0.2) is 0 Å². The van der Waals surface area contributed by atoms with Crippen molar-refractivity contribution in [1.82, 2.24) is 0 Å². The molecule has 0 atom stereocenters. The largest absolute Gasteiger partial charge is 0.377 e.